The van der Waals surface area contributed by atoms with Crippen molar-refractivity contribution >= 4 is 23.5 Å². The Bertz CT molecular complexity index is 665. The van der Waals surface area contributed by atoms with Crippen molar-refractivity contribution in [1.29, 1.82) is 0 Å². The van der Waals surface area contributed by atoms with E-state index in [-0.39, 0.29) is 12.3 Å². The number of hydrogen-bond donors (Lipinski definition) is 1. The molecule has 1 amide bonds. The standard InChI is InChI=1S/C18H23N3O2S/c1-3-4-5-10-23-17-8-6-15(7-9-17)12-19-21-18(22)11-16-13-24-14(2)20-16/h6-9,12-13H,3-5,10-11H2,1-2H3,(H,21,22)/b19-12-. The van der Waals surface area contributed by atoms with E-state index in [1.165, 1.54) is 24.2 Å². The van der Waals surface area contributed by atoms with Crippen LogP contribution in [0.2, 0.25) is 0 Å². The lowest BCUT2D eigenvalue weighted by molar-refractivity contribution is -0.120. The van der Waals surface area contributed by atoms with E-state index < -0.39 is 0 Å². The van der Waals surface area contributed by atoms with Gasteiger partial charge in [0.15, 0.2) is 0 Å². The van der Waals surface area contributed by atoms with E-state index >= 15 is 0 Å². The average molecular weight is 345 g/mol. The highest BCUT2D eigenvalue weighted by molar-refractivity contribution is 7.09. The van der Waals surface area contributed by atoms with Crippen molar-refractivity contribution < 1.29 is 9.53 Å². The second kappa shape index (κ2) is 9.82. The summed E-state index contributed by atoms with van der Waals surface area (Å²) < 4.78 is 5.65. The lowest BCUT2D eigenvalue weighted by Crippen LogP contribution is -2.19. The first-order chi connectivity index (χ1) is 11.7. The maximum Gasteiger partial charge on any atom is 0.246 e. The molecule has 0 bridgehead atoms. The minimum absolute atomic E-state index is 0.174. The van der Waals surface area contributed by atoms with E-state index in [1.54, 1.807) is 6.21 Å². The molecule has 0 atom stereocenters. The van der Waals surface area contributed by atoms with Gasteiger partial charge in [0.05, 0.1) is 29.9 Å². The number of hydrazone groups is 1. The summed E-state index contributed by atoms with van der Waals surface area (Å²) in [6.45, 7) is 4.83. The zero-order valence-corrected chi connectivity index (χ0v) is 14.9. The van der Waals surface area contributed by atoms with E-state index in [9.17, 15) is 4.79 Å². The Balaban J connectivity index is 1.74. The van der Waals surface area contributed by atoms with Gasteiger partial charge in [-0.3, -0.25) is 4.79 Å². The summed E-state index contributed by atoms with van der Waals surface area (Å²) in [5.74, 6) is 0.679. The van der Waals surface area contributed by atoms with Crippen molar-refractivity contribution in [1.82, 2.24) is 10.4 Å². The highest BCUT2D eigenvalue weighted by Crippen LogP contribution is 2.12. The number of amides is 1. The van der Waals surface area contributed by atoms with E-state index in [2.05, 4.69) is 22.4 Å². The van der Waals surface area contributed by atoms with Crippen LogP contribution in [0.5, 0.6) is 5.75 Å². The summed E-state index contributed by atoms with van der Waals surface area (Å²) in [6.07, 6.45) is 5.30. The van der Waals surface area contributed by atoms with Gasteiger partial charge in [0, 0.05) is 5.38 Å². The first-order valence-electron chi connectivity index (χ1n) is 8.13. The summed E-state index contributed by atoms with van der Waals surface area (Å²) >= 11 is 1.54. The predicted molar refractivity (Wildman–Crippen MR) is 97.8 cm³/mol. The normalized spacial score (nSPS) is 10.9. The van der Waals surface area contributed by atoms with Gasteiger partial charge in [-0.05, 0) is 43.2 Å². The van der Waals surface area contributed by atoms with Gasteiger partial charge in [-0.25, -0.2) is 10.4 Å². The molecule has 0 aliphatic rings. The molecule has 1 N–H and O–H groups in total. The molecule has 2 aromatic rings. The van der Waals surface area contributed by atoms with Crippen molar-refractivity contribution in [2.45, 2.75) is 39.5 Å². The molecule has 0 saturated heterocycles. The molecule has 24 heavy (non-hydrogen) atoms. The fraction of sp³-hybridized carbons (Fsp3) is 0.389. The van der Waals surface area contributed by atoms with Gasteiger partial charge in [0.2, 0.25) is 5.91 Å². The van der Waals surface area contributed by atoms with E-state index in [0.29, 0.717) is 0 Å². The largest absolute Gasteiger partial charge is 0.494 e. The molecule has 0 unspecified atom stereocenters. The fourth-order valence-electron chi connectivity index (χ4n) is 2.06. The monoisotopic (exact) mass is 345 g/mol. The molecule has 1 aromatic heterocycles. The van der Waals surface area contributed by atoms with Gasteiger partial charge >= 0.3 is 0 Å². The summed E-state index contributed by atoms with van der Waals surface area (Å²) in [5.41, 5.74) is 4.19. The third kappa shape index (κ3) is 6.50. The summed E-state index contributed by atoms with van der Waals surface area (Å²) in [6, 6.07) is 7.64. The second-order valence-corrected chi connectivity index (χ2v) is 6.51. The molecule has 2 rings (SSSR count). The van der Waals surface area contributed by atoms with Crippen LogP contribution in [0.25, 0.3) is 0 Å². The Labute approximate surface area is 146 Å². The third-order valence-corrected chi connectivity index (χ3v) is 4.13. The molecule has 0 aliphatic carbocycles. The van der Waals surface area contributed by atoms with Crippen LogP contribution in [0, 0.1) is 6.92 Å². The number of rotatable bonds is 9. The molecule has 6 heteroatoms. The fourth-order valence-corrected chi connectivity index (χ4v) is 2.68. The molecule has 0 radical (unpaired) electrons. The number of hydrogen-bond acceptors (Lipinski definition) is 5. The molecule has 0 aliphatic heterocycles. The minimum atomic E-state index is -0.174. The number of nitrogens with zero attached hydrogens (tertiary/aromatic N) is 2. The van der Waals surface area contributed by atoms with Gasteiger partial charge in [0.1, 0.15) is 5.75 Å². The molecule has 0 fully saturated rings. The van der Waals surface area contributed by atoms with E-state index in [1.807, 2.05) is 36.6 Å². The van der Waals surface area contributed by atoms with Crippen LogP contribution < -0.4 is 10.2 Å². The average Bonchev–Trinajstić information content (AvgIpc) is 2.98. The van der Waals surface area contributed by atoms with Crippen LogP contribution in [0.1, 0.15) is 42.5 Å². The lowest BCUT2D eigenvalue weighted by Gasteiger charge is -2.05. The second-order valence-electron chi connectivity index (χ2n) is 5.45. The summed E-state index contributed by atoms with van der Waals surface area (Å²) in [5, 5.41) is 6.81. The zero-order valence-electron chi connectivity index (χ0n) is 14.1. The number of aromatic nitrogens is 1. The van der Waals surface area contributed by atoms with Crippen LogP contribution in [-0.4, -0.2) is 23.7 Å². The lowest BCUT2D eigenvalue weighted by atomic mass is 10.2. The number of thiazole rings is 1. The maximum atomic E-state index is 11.8. The molecule has 1 aromatic carbocycles. The quantitative estimate of drug-likeness (QED) is 0.428. The molecular weight excluding hydrogens is 322 g/mol. The summed E-state index contributed by atoms with van der Waals surface area (Å²) in [4.78, 5) is 16.0. The summed E-state index contributed by atoms with van der Waals surface area (Å²) in [7, 11) is 0. The minimum Gasteiger partial charge on any atom is -0.494 e. The molecule has 128 valence electrons. The van der Waals surface area contributed by atoms with Gasteiger partial charge in [-0.1, -0.05) is 19.8 Å². The van der Waals surface area contributed by atoms with Gasteiger partial charge in [-0.2, -0.15) is 5.10 Å². The number of carbonyl (C=O) groups excluding carboxylic acids is 1. The molecular formula is C18H23N3O2S. The number of aryl methyl sites for hydroxylation is 1. The first-order valence-corrected chi connectivity index (χ1v) is 9.01. The maximum absolute atomic E-state index is 11.8. The van der Waals surface area contributed by atoms with E-state index in [0.717, 1.165) is 35.0 Å². The number of ether oxygens (including phenoxy) is 1. The van der Waals surface area contributed by atoms with Crippen LogP contribution in [0.15, 0.2) is 34.7 Å². The molecule has 5 nitrogen and oxygen atoms in total. The van der Waals surface area contributed by atoms with E-state index in [4.69, 9.17) is 4.74 Å². The van der Waals surface area contributed by atoms with Crippen molar-refractivity contribution in [3.05, 3.63) is 45.9 Å². The van der Waals surface area contributed by atoms with Gasteiger partial charge in [-0.15, -0.1) is 11.3 Å². The van der Waals surface area contributed by atoms with Crippen LogP contribution in [0.3, 0.4) is 0 Å². The Morgan fingerprint density at radius 3 is 2.79 bits per heavy atom. The Kier molecular flexibility index (Phi) is 7.42. The van der Waals surface area contributed by atoms with Crippen LogP contribution in [0.4, 0.5) is 0 Å². The number of benzene rings is 1. The molecule has 1 heterocycles. The number of nitrogens with one attached hydrogen (secondary N) is 1. The zero-order chi connectivity index (χ0) is 17.2. The third-order valence-electron chi connectivity index (χ3n) is 3.31. The van der Waals surface area contributed by atoms with Gasteiger partial charge < -0.3 is 4.74 Å². The Morgan fingerprint density at radius 2 is 2.12 bits per heavy atom. The highest BCUT2D eigenvalue weighted by atomic mass is 32.1. The van der Waals surface area contributed by atoms with Crippen LogP contribution >= 0.6 is 11.3 Å². The highest BCUT2D eigenvalue weighted by Gasteiger charge is 2.04. The Morgan fingerprint density at radius 1 is 1.33 bits per heavy atom. The molecule has 0 spiro atoms. The van der Waals surface area contributed by atoms with Crippen molar-refractivity contribution in [3.63, 3.8) is 0 Å². The predicted octanol–water partition coefficient (Wildman–Crippen LogP) is 3.71. The van der Waals surface area contributed by atoms with Crippen molar-refractivity contribution in [2.24, 2.45) is 5.10 Å². The SMILES string of the molecule is CCCCCOc1ccc(/C=N\NC(=O)Cc2csc(C)n2)cc1. The number of unbranched alkanes of at least 4 members (excludes halogenated alkanes) is 2. The number of carbonyl (C=O) groups is 1. The van der Waals surface area contributed by atoms with Crippen molar-refractivity contribution in [3.8, 4) is 5.75 Å². The topological polar surface area (TPSA) is 63.6 Å². The van der Waals surface area contributed by atoms with Gasteiger partial charge in [0.25, 0.3) is 0 Å². The molecule has 0 saturated carbocycles. The smallest absolute Gasteiger partial charge is 0.246 e. The van der Waals surface area contributed by atoms with Crippen LogP contribution in [-0.2, 0) is 11.2 Å². The first kappa shape index (κ1) is 18.1. The Hall–Kier alpha value is -2.21. The van der Waals surface area contributed by atoms with Crippen molar-refractivity contribution in [2.75, 3.05) is 6.61 Å².